The van der Waals surface area contributed by atoms with E-state index in [4.69, 9.17) is 19.4 Å². The van der Waals surface area contributed by atoms with Crippen LogP contribution in [0.3, 0.4) is 0 Å². The predicted octanol–water partition coefficient (Wildman–Crippen LogP) is 8.98. The Morgan fingerprint density at radius 2 is 0.846 bits per heavy atom. The van der Waals surface area contributed by atoms with Gasteiger partial charge >= 0.3 is 20.2 Å². The second-order valence-corrected chi connectivity index (χ2v) is 19.5. The molecule has 22 nitrogen and oxygen atoms in total. The average molecular weight is 913 g/mol. The highest BCUT2D eigenvalue weighted by molar-refractivity contribution is 7.87. The molecular formula is C41H28N12O10S2. The van der Waals surface area contributed by atoms with Crippen molar-refractivity contribution in [1.29, 1.82) is 0 Å². The zero-order valence-electron chi connectivity index (χ0n) is 34.1. The maximum Gasteiger partial charge on any atom is 0.339 e. The molecule has 0 unspecified atom stereocenters. The van der Waals surface area contributed by atoms with Crippen LogP contribution >= 0.6 is 0 Å². The maximum absolute atomic E-state index is 14.0. The third-order valence-electron chi connectivity index (χ3n) is 11.8. The monoisotopic (exact) mass is 912 g/mol. The summed E-state index contributed by atoms with van der Waals surface area (Å²) in [5, 5.41) is 13.3. The highest BCUT2D eigenvalue weighted by Crippen LogP contribution is 2.63. The lowest BCUT2D eigenvalue weighted by Gasteiger charge is -2.30. The van der Waals surface area contributed by atoms with Crippen LogP contribution in [-0.4, -0.2) is 40.0 Å². The van der Waals surface area contributed by atoms with Crippen LogP contribution < -0.4 is 8.37 Å². The largest absolute Gasteiger partial charge is 0.379 e. The van der Waals surface area contributed by atoms with Crippen LogP contribution in [0.1, 0.15) is 94.6 Å². The lowest BCUT2D eigenvalue weighted by molar-refractivity contribution is -0.112. The van der Waals surface area contributed by atoms with Crippen molar-refractivity contribution >= 4 is 54.8 Å². The topological polar surface area (TPSA) is 350 Å². The number of nitrogens with zero attached hydrogens (tertiary/aromatic N) is 12. The van der Waals surface area contributed by atoms with Crippen LogP contribution in [0.5, 0.6) is 11.5 Å². The number of hydrogen-bond donors (Lipinski definition) is 0. The van der Waals surface area contributed by atoms with Gasteiger partial charge in [0.05, 0.1) is 22.8 Å². The number of fused-ring (bicyclic) bond motifs is 6. The van der Waals surface area contributed by atoms with E-state index in [0.717, 1.165) is 46.5 Å². The Kier molecular flexibility index (Phi) is 10.00. The molecule has 0 aliphatic heterocycles. The minimum atomic E-state index is -4.85. The number of rotatable bonds is 10. The first-order valence-electron chi connectivity index (χ1n) is 19.0. The van der Waals surface area contributed by atoms with E-state index < -0.39 is 114 Å². The summed E-state index contributed by atoms with van der Waals surface area (Å²) in [6.07, 6.45) is 1.05. The van der Waals surface area contributed by atoms with E-state index in [2.05, 4.69) is 40.1 Å². The smallest absolute Gasteiger partial charge is 0.339 e. The van der Waals surface area contributed by atoms with Crippen molar-refractivity contribution in [2.24, 2.45) is 20.5 Å². The Morgan fingerprint density at radius 3 is 1.20 bits per heavy atom. The first kappa shape index (κ1) is 43.4. The number of carbonyl (C=O) groups is 4. The molecular weight excluding hydrogens is 885 g/mol. The van der Waals surface area contributed by atoms with Crippen molar-refractivity contribution in [3.05, 3.63) is 170 Å². The molecule has 0 N–H and O–H groups in total. The van der Waals surface area contributed by atoms with Gasteiger partial charge in [-0.2, -0.15) is 16.8 Å². The van der Waals surface area contributed by atoms with E-state index in [0.29, 0.717) is 12.8 Å². The van der Waals surface area contributed by atoms with Gasteiger partial charge in [0.2, 0.25) is 23.1 Å². The summed E-state index contributed by atoms with van der Waals surface area (Å²) in [6.45, 7) is 7.90. The molecule has 0 bridgehead atoms. The number of allylic oxidation sites excluding steroid dienone is 2. The van der Waals surface area contributed by atoms with E-state index in [9.17, 15) is 47.1 Å². The van der Waals surface area contributed by atoms with E-state index in [1.54, 1.807) is 24.3 Å². The summed E-state index contributed by atoms with van der Waals surface area (Å²) in [5.41, 5.74) is 33.1. The molecule has 0 atom stereocenters. The van der Waals surface area contributed by atoms with Gasteiger partial charge in [-0.3, -0.25) is 19.2 Å². The van der Waals surface area contributed by atoms with E-state index in [1.807, 2.05) is 27.7 Å². The molecule has 4 aromatic rings. The minimum Gasteiger partial charge on any atom is -0.379 e. The summed E-state index contributed by atoms with van der Waals surface area (Å²) in [4.78, 5) is 60.5. The lowest BCUT2D eigenvalue weighted by Crippen LogP contribution is -2.26. The fourth-order valence-electron chi connectivity index (χ4n) is 9.55. The highest BCUT2D eigenvalue weighted by Gasteiger charge is 2.56. The van der Waals surface area contributed by atoms with Crippen molar-refractivity contribution in [2.45, 2.75) is 66.6 Å². The molecule has 4 aromatic carbocycles. The first-order valence-corrected chi connectivity index (χ1v) is 21.8. The number of Topliss-reactive ketones (excluding diaryl/α,β-unsaturated/α-hetero) is 4. The average Bonchev–Trinajstić information content (AvgIpc) is 3.61. The fourth-order valence-corrected chi connectivity index (χ4v) is 11.8. The fraction of sp³-hybridized carbons (Fsp3) is 0.220. The van der Waals surface area contributed by atoms with E-state index in [-0.39, 0.29) is 11.5 Å². The Morgan fingerprint density at radius 1 is 0.492 bits per heavy atom. The number of carbonyl (C=O) groups excluding carboxylic acids is 4. The van der Waals surface area contributed by atoms with Gasteiger partial charge in [0, 0.05) is 47.3 Å². The van der Waals surface area contributed by atoms with Gasteiger partial charge < -0.3 is 8.37 Å². The molecule has 0 saturated heterocycles. The van der Waals surface area contributed by atoms with Crippen molar-refractivity contribution in [2.75, 3.05) is 0 Å². The third-order valence-corrected chi connectivity index (χ3v) is 14.4. The molecule has 0 saturated carbocycles. The molecule has 1 spiro atoms. The summed E-state index contributed by atoms with van der Waals surface area (Å²) in [7, 11) is -9.70. The van der Waals surface area contributed by atoms with Crippen molar-refractivity contribution in [3.8, 4) is 11.5 Å². The Balaban J connectivity index is 1.16. The first-order chi connectivity index (χ1) is 30.7. The zero-order valence-corrected chi connectivity index (χ0v) is 35.7. The van der Waals surface area contributed by atoms with Gasteiger partial charge in [-0.05, 0) is 104 Å². The summed E-state index contributed by atoms with van der Waals surface area (Å²) in [5.74, 6) is -5.18. The molecule has 4 aliphatic rings. The van der Waals surface area contributed by atoms with Crippen LogP contribution in [0.2, 0.25) is 0 Å². The predicted molar refractivity (Wildman–Crippen MR) is 227 cm³/mol. The Bertz CT molecular complexity index is 3250. The van der Waals surface area contributed by atoms with E-state index in [1.165, 1.54) is 24.3 Å². The number of hydrogen-bond acceptors (Lipinski definition) is 14. The highest BCUT2D eigenvalue weighted by atomic mass is 32.2. The van der Waals surface area contributed by atoms with Crippen molar-refractivity contribution < 1.29 is 44.4 Å². The van der Waals surface area contributed by atoms with Gasteiger partial charge in [-0.1, -0.05) is 84.6 Å². The molecule has 0 fully saturated rings. The number of benzene rings is 4. The normalized spacial score (nSPS) is 18.9. The Hall–Kier alpha value is -8.22. The van der Waals surface area contributed by atoms with Crippen LogP contribution in [-0.2, 0) is 46.1 Å². The molecule has 4 aliphatic carbocycles. The molecule has 8 rings (SSSR count). The Labute approximate surface area is 366 Å². The summed E-state index contributed by atoms with van der Waals surface area (Å²) >= 11 is 0. The van der Waals surface area contributed by atoms with Gasteiger partial charge in [0.15, 0.2) is 0 Å². The SMILES string of the molecule is CC1(C)CC2(CC(C)(C)c3cc(OS(=O)(=O)c4cccc5c4C(N=[N+]=[N-])=C(N=[N+]=[N-])C(=O)C5=O)ccc32)c2ccc(OS(=O)(=O)c3cccc4c3C(N=[N+]=[N-])=C(N=[N+]=[N-])C(=O)C4=O)cc21. The van der Waals surface area contributed by atoms with Gasteiger partial charge in [-0.15, -0.1) is 0 Å². The molecule has 0 amide bonds. The van der Waals surface area contributed by atoms with Crippen LogP contribution in [0.25, 0.3) is 53.2 Å². The molecule has 324 valence electrons. The van der Waals surface area contributed by atoms with E-state index >= 15 is 0 Å². The van der Waals surface area contributed by atoms with Crippen LogP contribution in [0.15, 0.2) is 114 Å². The zero-order chi connectivity index (χ0) is 47.0. The molecule has 0 aromatic heterocycles. The number of ketones is 4. The van der Waals surface area contributed by atoms with Crippen LogP contribution in [0.4, 0.5) is 0 Å². The maximum atomic E-state index is 14.0. The third kappa shape index (κ3) is 6.65. The summed E-state index contributed by atoms with van der Waals surface area (Å²) in [6, 6.07) is 16.5. The molecule has 24 heteroatoms. The second kappa shape index (κ2) is 15.0. The minimum absolute atomic E-state index is 0.111. The molecule has 0 heterocycles. The molecule has 0 radical (unpaired) electrons. The van der Waals surface area contributed by atoms with Gasteiger partial charge in [0.25, 0.3) is 0 Å². The van der Waals surface area contributed by atoms with Crippen molar-refractivity contribution in [1.82, 2.24) is 0 Å². The lowest BCUT2D eigenvalue weighted by atomic mass is 9.72. The van der Waals surface area contributed by atoms with Gasteiger partial charge in [-0.25, -0.2) is 0 Å². The molecule has 65 heavy (non-hydrogen) atoms. The number of azide groups is 4. The summed E-state index contributed by atoms with van der Waals surface area (Å²) < 4.78 is 67.5. The quantitative estimate of drug-likeness (QED) is 0.0477. The van der Waals surface area contributed by atoms with Gasteiger partial charge in [0.1, 0.15) is 21.3 Å². The standard InChI is InChI=1S/C41H28N12O10S2/c1-39(2)17-41(23-13-11-19(15-25(23)39)62-64(58,59)27-9-5-7-21-29(27)31(46-50-42)33(48-52-44)37(56)35(21)54)18-40(3,4)26-16-20(12-14-24(26)41)63-65(60,61)28-10-6-8-22-30(28)32(47-51-43)34(49-53-45)38(57)36(22)55/h5-16H,17-18H2,1-4H3. The van der Waals surface area contributed by atoms with Crippen molar-refractivity contribution in [3.63, 3.8) is 0 Å². The van der Waals surface area contributed by atoms with Crippen LogP contribution in [0, 0.1) is 0 Å². The second-order valence-electron chi connectivity index (χ2n) is 16.5.